The second kappa shape index (κ2) is 12.6. The smallest absolute Gasteiger partial charge is 0.260 e. The highest BCUT2D eigenvalue weighted by molar-refractivity contribution is 7.22. The molecular formula is C26H35N3O3S. The molecule has 178 valence electrons. The number of aromatic nitrogens is 1. The molecule has 1 aromatic heterocycles. The van der Waals surface area contributed by atoms with Crippen LogP contribution in [-0.2, 0) is 0 Å². The molecule has 0 aliphatic carbocycles. The second-order valence-corrected chi connectivity index (χ2v) is 8.88. The van der Waals surface area contributed by atoms with Crippen LogP contribution >= 0.6 is 11.3 Å². The maximum absolute atomic E-state index is 13.6. The molecular weight excluding hydrogens is 434 g/mol. The molecule has 7 heteroatoms. The summed E-state index contributed by atoms with van der Waals surface area (Å²) in [5.41, 5.74) is 1.41. The van der Waals surface area contributed by atoms with Crippen LogP contribution in [0, 0.1) is 0 Å². The van der Waals surface area contributed by atoms with Gasteiger partial charge in [0, 0.05) is 18.7 Å². The molecule has 0 fully saturated rings. The van der Waals surface area contributed by atoms with Gasteiger partial charge in [-0.05, 0) is 55.9 Å². The molecule has 0 unspecified atom stereocenters. The molecule has 2 aromatic carbocycles. The predicted molar refractivity (Wildman–Crippen MR) is 137 cm³/mol. The van der Waals surface area contributed by atoms with E-state index in [4.69, 9.17) is 14.5 Å². The minimum Gasteiger partial charge on any atom is -0.494 e. The maximum Gasteiger partial charge on any atom is 0.260 e. The number of carbonyl (C=O) groups is 1. The van der Waals surface area contributed by atoms with Gasteiger partial charge in [0.2, 0.25) is 0 Å². The number of hydrogen-bond acceptors (Lipinski definition) is 6. The summed E-state index contributed by atoms with van der Waals surface area (Å²) in [5, 5.41) is 0.687. The van der Waals surface area contributed by atoms with Crippen molar-refractivity contribution in [3.05, 3.63) is 48.0 Å². The maximum atomic E-state index is 13.6. The number of ether oxygens (including phenoxy) is 2. The van der Waals surface area contributed by atoms with Crippen molar-refractivity contribution in [2.75, 3.05) is 44.8 Å². The summed E-state index contributed by atoms with van der Waals surface area (Å²) in [6.45, 7) is 10.4. The molecule has 0 spiro atoms. The molecule has 33 heavy (non-hydrogen) atoms. The zero-order chi connectivity index (χ0) is 23.6. The highest BCUT2D eigenvalue weighted by atomic mass is 32.1. The Bertz CT molecular complexity index is 1020. The summed E-state index contributed by atoms with van der Waals surface area (Å²) in [7, 11) is 1.64. The van der Waals surface area contributed by atoms with E-state index in [0.29, 0.717) is 23.8 Å². The lowest BCUT2D eigenvalue weighted by Crippen LogP contribution is -2.38. The van der Waals surface area contributed by atoms with Crippen LogP contribution in [0.2, 0.25) is 0 Å². The average Bonchev–Trinajstić information content (AvgIpc) is 3.28. The van der Waals surface area contributed by atoms with Gasteiger partial charge in [0.25, 0.3) is 5.91 Å². The van der Waals surface area contributed by atoms with Gasteiger partial charge < -0.3 is 14.4 Å². The molecule has 0 saturated carbocycles. The van der Waals surface area contributed by atoms with E-state index in [0.717, 1.165) is 60.6 Å². The summed E-state index contributed by atoms with van der Waals surface area (Å²) in [6.07, 6.45) is 3.36. The molecule has 0 radical (unpaired) electrons. The number of amides is 1. The molecule has 3 rings (SSSR count). The van der Waals surface area contributed by atoms with Gasteiger partial charge in [-0.25, -0.2) is 4.98 Å². The van der Waals surface area contributed by atoms with Crippen LogP contribution in [0.5, 0.6) is 11.5 Å². The molecule has 0 aliphatic rings. The number of carbonyl (C=O) groups excluding carboxylic acids is 1. The normalized spacial score (nSPS) is 11.2. The largest absolute Gasteiger partial charge is 0.494 e. The van der Waals surface area contributed by atoms with E-state index < -0.39 is 0 Å². The summed E-state index contributed by atoms with van der Waals surface area (Å²) < 4.78 is 12.3. The van der Waals surface area contributed by atoms with Crippen LogP contribution in [0.3, 0.4) is 0 Å². The molecule has 1 amide bonds. The molecule has 0 aliphatic heterocycles. The molecule has 0 N–H and O–H groups in total. The summed E-state index contributed by atoms with van der Waals surface area (Å²) >= 11 is 1.51. The zero-order valence-corrected chi connectivity index (χ0v) is 21.0. The number of likely N-dealkylation sites (N-methyl/N-ethyl adjacent to an activating group) is 1. The number of fused-ring (bicyclic) bond motifs is 1. The Kier molecular flexibility index (Phi) is 9.51. The van der Waals surface area contributed by atoms with Crippen LogP contribution in [0.4, 0.5) is 5.13 Å². The van der Waals surface area contributed by atoms with Crippen LogP contribution in [-0.4, -0.2) is 55.7 Å². The fourth-order valence-electron chi connectivity index (χ4n) is 3.65. The fourth-order valence-corrected chi connectivity index (χ4v) is 4.66. The first-order valence-corrected chi connectivity index (χ1v) is 12.6. The molecule has 0 atom stereocenters. The highest BCUT2D eigenvalue weighted by Crippen LogP contribution is 2.34. The van der Waals surface area contributed by atoms with Crippen molar-refractivity contribution in [2.24, 2.45) is 0 Å². The van der Waals surface area contributed by atoms with Crippen LogP contribution in [0.15, 0.2) is 42.5 Å². The third-order valence-electron chi connectivity index (χ3n) is 5.72. The van der Waals surface area contributed by atoms with E-state index in [2.05, 4.69) is 25.7 Å². The van der Waals surface area contributed by atoms with Crippen molar-refractivity contribution < 1.29 is 14.3 Å². The van der Waals surface area contributed by atoms with Gasteiger partial charge in [0.05, 0.1) is 18.4 Å². The highest BCUT2D eigenvalue weighted by Gasteiger charge is 2.23. The van der Waals surface area contributed by atoms with E-state index in [1.165, 1.54) is 11.3 Å². The van der Waals surface area contributed by atoms with Crippen molar-refractivity contribution in [2.45, 2.75) is 40.0 Å². The quantitative estimate of drug-likeness (QED) is 0.293. The summed E-state index contributed by atoms with van der Waals surface area (Å²) in [5.74, 6) is 1.45. The minimum atomic E-state index is -0.0577. The monoisotopic (exact) mass is 469 g/mol. The van der Waals surface area contributed by atoms with Crippen molar-refractivity contribution in [3.8, 4) is 11.5 Å². The van der Waals surface area contributed by atoms with Crippen molar-refractivity contribution >= 4 is 32.6 Å². The van der Waals surface area contributed by atoms with E-state index in [1.54, 1.807) is 12.0 Å². The minimum absolute atomic E-state index is 0.0577. The number of methoxy groups -OCH3 is 1. The summed E-state index contributed by atoms with van der Waals surface area (Å²) in [6, 6.07) is 13.3. The Morgan fingerprint density at radius 2 is 1.76 bits per heavy atom. The number of unbranched alkanes of at least 4 members (excludes halogenated alkanes) is 2. The SMILES string of the molecule is CCCCCOc1ccc(C(=O)N(CCN(CC)CC)c2nc3c(OC)cccc3s2)cc1. The molecule has 0 bridgehead atoms. The first-order chi connectivity index (χ1) is 16.1. The predicted octanol–water partition coefficient (Wildman–Crippen LogP) is 5.86. The van der Waals surface area contributed by atoms with Gasteiger partial charge in [0.15, 0.2) is 5.13 Å². The van der Waals surface area contributed by atoms with Crippen LogP contribution < -0.4 is 14.4 Å². The third-order valence-corrected chi connectivity index (χ3v) is 6.76. The number of rotatable bonds is 13. The standard InChI is InChI=1S/C26H35N3O3S/c1-5-8-9-19-32-21-15-13-20(14-16-21)25(30)29(18-17-28(6-2)7-3)26-27-24-22(31-4)11-10-12-23(24)33-26/h10-16H,5-9,17-19H2,1-4H3. The Hall–Kier alpha value is -2.64. The number of anilines is 1. The van der Waals surface area contributed by atoms with E-state index in [1.807, 2.05) is 42.5 Å². The number of nitrogens with zero attached hydrogens (tertiary/aromatic N) is 3. The first kappa shape index (κ1) is 25.0. The lowest BCUT2D eigenvalue weighted by molar-refractivity contribution is 0.0983. The lowest BCUT2D eigenvalue weighted by Gasteiger charge is -2.24. The van der Waals surface area contributed by atoms with E-state index >= 15 is 0 Å². The Labute approximate surface area is 201 Å². The van der Waals surface area contributed by atoms with Gasteiger partial charge in [-0.2, -0.15) is 0 Å². The summed E-state index contributed by atoms with van der Waals surface area (Å²) in [4.78, 5) is 22.5. The third kappa shape index (κ3) is 6.45. The Morgan fingerprint density at radius 1 is 1.00 bits per heavy atom. The van der Waals surface area contributed by atoms with Gasteiger partial charge in [-0.3, -0.25) is 9.69 Å². The molecule has 6 nitrogen and oxygen atoms in total. The van der Waals surface area contributed by atoms with Gasteiger partial charge in [-0.15, -0.1) is 0 Å². The Morgan fingerprint density at radius 3 is 2.42 bits per heavy atom. The molecule has 3 aromatic rings. The fraction of sp³-hybridized carbons (Fsp3) is 0.462. The number of hydrogen-bond donors (Lipinski definition) is 0. The van der Waals surface area contributed by atoms with Crippen molar-refractivity contribution in [1.82, 2.24) is 9.88 Å². The zero-order valence-electron chi connectivity index (χ0n) is 20.2. The van der Waals surface area contributed by atoms with Crippen molar-refractivity contribution in [1.29, 1.82) is 0 Å². The van der Waals surface area contributed by atoms with E-state index in [-0.39, 0.29) is 5.91 Å². The number of benzene rings is 2. The number of thiazole rings is 1. The van der Waals surface area contributed by atoms with Crippen molar-refractivity contribution in [3.63, 3.8) is 0 Å². The van der Waals surface area contributed by atoms with Gasteiger partial charge in [-0.1, -0.05) is 51.0 Å². The Balaban J connectivity index is 1.84. The molecule has 0 saturated heterocycles. The topological polar surface area (TPSA) is 54.9 Å². The first-order valence-electron chi connectivity index (χ1n) is 11.8. The second-order valence-electron chi connectivity index (χ2n) is 7.87. The molecule has 1 heterocycles. The number of para-hydroxylation sites is 1. The van der Waals surface area contributed by atoms with Crippen LogP contribution in [0.1, 0.15) is 50.4 Å². The van der Waals surface area contributed by atoms with Gasteiger partial charge >= 0.3 is 0 Å². The van der Waals surface area contributed by atoms with Crippen LogP contribution in [0.25, 0.3) is 10.2 Å². The van der Waals surface area contributed by atoms with Gasteiger partial charge in [0.1, 0.15) is 17.0 Å². The van der Waals surface area contributed by atoms with E-state index in [9.17, 15) is 4.79 Å². The average molecular weight is 470 g/mol. The lowest BCUT2D eigenvalue weighted by atomic mass is 10.2.